The SMILES string of the molecule is Cl.N[C@H](C(=O)N1CCCC1)C1CCC(NC(=O)CNC(=O)c2ccccc2)CC1. The van der Waals surface area contributed by atoms with Gasteiger partial charge in [0.25, 0.3) is 5.91 Å². The molecule has 0 radical (unpaired) electrons. The smallest absolute Gasteiger partial charge is 0.251 e. The predicted octanol–water partition coefficient (Wildman–Crippen LogP) is 1.46. The van der Waals surface area contributed by atoms with Crippen molar-refractivity contribution in [2.45, 2.75) is 50.6 Å². The molecule has 1 atom stereocenters. The maximum atomic E-state index is 12.5. The second kappa shape index (κ2) is 11.2. The third-order valence-corrected chi connectivity index (χ3v) is 5.79. The zero-order chi connectivity index (χ0) is 19.9. The van der Waals surface area contributed by atoms with E-state index in [1.165, 1.54) is 0 Å². The molecule has 1 saturated carbocycles. The van der Waals surface area contributed by atoms with Crippen molar-refractivity contribution in [3.63, 3.8) is 0 Å². The summed E-state index contributed by atoms with van der Waals surface area (Å²) in [4.78, 5) is 38.5. The summed E-state index contributed by atoms with van der Waals surface area (Å²) in [6.07, 6.45) is 5.42. The fourth-order valence-corrected chi connectivity index (χ4v) is 4.10. The number of hydrogen-bond donors (Lipinski definition) is 3. The maximum Gasteiger partial charge on any atom is 0.251 e. The molecule has 1 saturated heterocycles. The number of nitrogens with two attached hydrogens (primary N) is 1. The minimum Gasteiger partial charge on any atom is -0.352 e. The number of rotatable bonds is 6. The van der Waals surface area contributed by atoms with E-state index in [2.05, 4.69) is 10.6 Å². The highest BCUT2D eigenvalue weighted by molar-refractivity contribution is 5.96. The molecule has 2 aliphatic rings. The zero-order valence-electron chi connectivity index (χ0n) is 16.6. The highest BCUT2D eigenvalue weighted by Crippen LogP contribution is 2.27. The van der Waals surface area contributed by atoms with E-state index in [1.54, 1.807) is 24.3 Å². The van der Waals surface area contributed by atoms with E-state index in [-0.39, 0.29) is 48.6 Å². The minimum absolute atomic E-state index is 0. The van der Waals surface area contributed by atoms with E-state index >= 15 is 0 Å². The highest BCUT2D eigenvalue weighted by Gasteiger charge is 2.33. The Morgan fingerprint density at radius 2 is 1.66 bits per heavy atom. The lowest BCUT2D eigenvalue weighted by Crippen LogP contribution is -2.49. The summed E-state index contributed by atoms with van der Waals surface area (Å²) in [6.45, 7) is 1.61. The number of nitrogens with one attached hydrogen (secondary N) is 2. The number of nitrogens with zero attached hydrogens (tertiary/aromatic N) is 1. The molecule has 0 aromatic heterocycles. The van der Waals surface area contributed by atoms with Gasteiger partial charge < -0.3 is 21.3 Å². The summed E-state index contributed by atoms with van der Waals surface area (Å²) in [5.74, 6) is -0.191. The zero-order valence-corrected chi connectivity index (χ0v) is 17.5. The molecule has 0 bridgehead atoms. The third-order valence-electron chi connectivity index (χ3n) is 5.79. The van der Waals surface area contributed by atoms with Crippen LogP contribution in [0.2, 0.25) is 0 Å². The summed E-state index contributed by atoms with van der Waals surface area (Å²) >= 11 is 0. The van der Waals surface area contributed by atoms with Gasteiger partial charge in [-0.15, -0.1) is 12.4 Å². The average molecular weight is 423 g/mol. The first-order valence-corrected chi connectivity index (χ1v) is 10.2. The van der Waals surface area contributed by atoms with Crippen molar-refractivity contribution in [2.24, 2.45) is 11.7 Å². The van der Waals surface area contributed by atoms with E-state index in [1.807, 2.05) is 11.0 Å². The number of amides is 3. The first-order valence-electron chi connectivity index (χ1n) is 10.2. The quantitative estimate of drug-likeness (QED) is 0.645. The second-order valence-electron chi connectivity index (χ2n) is 7.79. The van der Waals surface area contributed by atoms with E-state index in [0.29, 0.717) is 5.56 Å². The van der Waals surface area contributed by atoms with Crippen LogP contribution in [-0.4, -0.2) is 54.3 Å². The Morgan fingerprint density at radius 3 is 2.28 bits per heavy atom. The largest absolute Gasteiger partial charge is 0.352 e. The van der Waals surface area contributed by atoms with Gasteiger partial charge in [-0.25, -0.2) is 0 Å². The molecule has 3 rings (SSSR count). The second-order valence-corrected chi connectivity index (χ2v) is 7.79. The molecule has 29 heavy (non-hydrogen) atoms. The number of carbonyl (C=O) groups is 3. The molecule has 1 aromatic rings. The molecule has 2 fully saturated rings. The fraction of sp³-hybridized carbons (Fsp3) is 0.571. The van der Waals surface area contributed by atoms with Crippen molar-refractivity contribution >= 4 is 30.1 Å². The van der Waals surface area contributed by atoms with E-state index in [9.17, 15) is 14.4 Å². The molecule has 0 unspecified atom stereocenters. The van der Waals surface area contributed by atoms with Crippen LogP contribution >= 0.6 is 12.4 Å². The highest BCUT2D eigenvalue weighted by atomic mass is 35.5. The number of likely N-dealkylation sites (tertiary alicyclic amines) is 1. The Morgan fingerprint density at radius 1 is 1.03 bits per heavy atom. The van der Waals surface area contributed by atoms with E-state index < -0.39 is 6.04 Å². The summed E-state index contributed by atoms with van der Waals surface area (Å²) in [6, 6.07) is 8.47. The first kappa shape index (κ1) is 23.2. The standard InChI is InChI=1S/C21H30N4O3.ClH/c22-19(21(28)25-12-4-5-13-25)15-8-10-17(11-9-15)24-18(26)14-23-20(27)16-6-2-1-3-7-16;/h1-3,6-7,15,17,19H,4-5,8-14,22H2,(H,23,27)(H,24,26);1H/t15?,17?,19-;/m0./s1. The summed E-state index contributed by atoms with van der Waals surface area (Å²) in [7, 11) is 0. The predicted molar refractivity (Wildman–Crippen MR) is 114 cm³/mol. The molecular weight excluding hydrogens is 392 g/mol. The Balaban J connectivity index is 0.00000300. The van der Waals surface area contributed by atoms with Crippen LogP contribution in [0.25, 0.3) is 0 Å². The summed E-state index contributed by atoms with van der Waals surface area (Å²) in [5.41, 5.74) is 6.76. The van der Waals surface area contributed by atoms with Gasteiger partial charge in [0.15, 0.2) is 0 Å². The molecule has 3 amide bonds. The third kappa shape index (κ3) is 6.44. The molecule has 1 aliphatic carbocycles. The van der Waals surface area contributed by atoms with Crippen LogP contribution in [-0.2, 0) is 9.59 Å². The van der Waals surface area contributed by atoms with Crippen LogP contribution in [0.3, 0.4) is 0 Å². The van der Waals surface area contributed by atoms with Crippen molar-refractivity contribution in [1.29, 1.82) is 0 Å². The van der Waals surface area contributed by atoms with Gasteiger partial charge in [-0.2, -0.15) is 0 Å². The summed E-state index contributed by atoms with van der Waals surface area (Å²) in [5, 5.41) is 5.62. The molecule has 8 heteroatoms. The monoisotopic (exact) mass is 422 g/mol. The number of carbonyl (C=O) groups excluding carboxylic acids is 3. The van der Waals surface area contributed by atoms with Crippen LogP contribution in [0.15, 0.2) is 30.3 Å². The topological polar surface area (TPSA) is 105 Å². The summed E-state index contributed by atoms with van der Waals surface area (Å²) < 4.78 is 0. The van der Waals surface area contributed by atoms with Gasteiger partial charge in [0, 0.05) is 24.7 Å². The lowest BCUT2D eigenvalue weighted by Gasteiger charge is -2.33. The van der Waals surface area contributed by atoms with Crippen LogP contribution in [0.1, 0.15) is 48.9 Å². The molecule has 1 aliphatic heterocycles. The van der Waals surface area contributed by atoms with Gasteiger partial charge >= 0.3 is 0 Å². The van der Waals surface area contributed by atoms with Crippen LogP contribution in [0.4, 0.5) is 0 Å². The first-order chi connectivity index (χ1) is 13.5. The van der Waals surface area contributed by atoms with Crippen LogP contribution < -0.4 is 16.4 Å². The number of hydrogen-bond acceptors (Lipinski definition) is 4. The van der Waals surface area contributed by atoms with Gasteiger partial charge in [-0.1, -0.05) is 18.2 Å². The van der Waals surface area contributed by atoms with Crippen molar-refractivity contribution in [1.82, 2.24) is 15.5 Å². The Bertz CT molecular complexity index is 686. The molecule has 1 aromatic carbocycles. The lowest BCUT2D eigenvalue weighted by molar-refractivity contribution is -0.133. The van der Waals surface area contributed by atoms with Crippen molar-refractivity contribution in [3.05, 3.63) is 35.9 Å². The molecule has 4 N–H and O–H groups in total. The minimum atomic E-state index is -0.431. The Hall–Kier alpha value is -2.12. The van der Waals surface area contributed by atoms with Gasteiger partial charge in [0.2, 0.25) is 11.8 Å². The van der Waals surface area contributed by atoms with E-state index in [0.717, 1.165) is 51.6 Å². The average Bonchev–Trinajstić information content (AvgIpc) is 3.27. The normalized spacial score (nSPS) is 22.3. The van der Waals surface area contributed by atoms with Crippen molar-refractivity contribution in [2.75, 3.05) is 19.6 Å². The van der Waals surface area contributed by atoms with Crippen LogP contribution in [0.5, 0.6) is 0 Å². The molecule has 0 spiro atoms. The molecule has 160 valence electrons. The van der Waals surface area contributed by atoms with Crippen molar-refractivity contribution in [3.8, 4) is 0 Å². The molecule has 7 nitrogen and oxygen atoms in total. The Labute approximate surface area is 178 Å². The van der Waals surface area contributed by atoms with Gasteiger partial charge in [0.1, 0.15) is 0 Å². The maximum absolute atomic E-state index is 12.5. The van der Waals surface area contributed by atoms with Gasteiger partial charge in [-0.05, 0) is 56.6 Å². The van der Waals surface area contributed by atoms with E-state index in [4.69, 9.17) is 5.73 Å². The van der Waals surface area contributed by atoms with Crippen molar-refractivity contribution < 1.29 is 14.4 Å². The van der Waals surface area contributed by atoms with Gasteiger partial charge in [0.05, 0.1) is 12.6 Å². The van der Waals surface area contributed by atoms with Gasteiger partial charge in [-0.3, -0.25) is 14.4 Å². The Kier molecular flexibility index (Phi) is 8.92. The lowest BCUT2D eigenvalue weighted by atomic mass is 9.81. The molecular formula is C21H31ClN4O3. The van der Waals surface area contributed by atoms with Crippen LogP contribution in [0, 0.1) is 5.92 Å². The molecule has 1 heterocycles. The fourth-order valence-electron chi connectivity index (χ4n) is 4.10. The number of halogens is 1. The number of benzene rings is 1.